The van der Waals surface area contributed by atoms with Crippen LogP contribution in [0.1, 0.15) is 18.4 Å². The van der Waals surface area contributed by atoms with Gasteiger partial charge in [0.15, 0.2) is 0 Å². The fraction of sp³-hybridized carbons (Fsp3) is 0.333. The number of hydrazone groups is 1. The predicted octanol–water partition coefficient (Wildman–Crippen LogP) is 2.17. The molecule has 0 aliphatic heterocycles. The summed E-state index contributed by atoms with van der Waals surface area (Å²) in [5, 5.41) is 3.98. The number of nitrogens with one attached hydrogen (secondary N) is 1. The maximum absolute atomic E-state index is 11.6. The first-order chi connectivity index (χ1) is 9.06. The summed E-state index contributed by atoms with van der Waals surface area (Å²) in [6.45, 7) is 3.82. The molecule has 1 aliphatic carbocycles. The number of amides is 1. The Labute approximate surface area is 113 Å². The van der Waals surface area contributed by atoms with Crippen molar-refractivity contribution in [1.82, 2.24) is 5.43 Å². The van der Waals surface area contributed by atoms with Crippen molar-refractivity contribution in [1.29, 1.82) is 0 Å². The van der Waals surface area contributed by atoms with Gasteiger partial charge in [0.2, 0.25) is 5.91 Å². The minimum atomic E-state index is -0.0199. The number of carbonyl (C=O) groups excluding carboxylic acids is 1. The second-order valence-electron chi connectivity index (χ2n) is 5.08. The molecule has 1 aromatic rings. The van der Waals surface area contributed by atoms with Crippen LogP contribution in [0.2, 0.25) is 0 Å². The van der Waals surface area contributed by atoms with Crippen LogP contribution in [0.4, 0.5) is 5.69 Å². The molecular formula is C15H19N3O. The molecule has 1 aliphatic rings. The molecule has 1 aromatic carbocycles. The van der Waals surface area contributed by atoms with E-state index in [2.05, 4.69) is 17.1 Å². The van der Waals surface area contributed by atoms with E-state index in [9.17, 15) is 4.79 Å². The summed E-state index contributed by atoms with van der Waals surface area (Å²) in [5.74, 6) is 0.0364. The van der Waals surface area contributed by atoms with Crippen LogP contribution in [0.15, 0.2) is 41.5 Å². The molecule has 0 spiro atoms. The summed E-state index contributed by atoms with van der Waals surface area (Å²) in [5.41, 5.74) is 5.81. The zero-order chi connectivity index (χ0) is 13.8. The number of hydrogen-bond donors (Lipinski definition) is 1. The Morgan fingerprint density at radius 1 is 1.37 bits per heavy atom. The Bertz CT molecular complexity index is 495. The van der Waals surface area contributed by atoms with E-state index in [-0.39, 0.29) is 11.8 Å². The number of allylic oxidation sites excluding steroid dienone is 1. The van der Waals surface area contributed by atoms with Gasteiger partial charge < -0.3 is 4.90 Å². The van der Waals surface area contributed by atoms with E-state index in [0.29, 0.717) is 0 Å². The van der Waals surface area contributed by atoms with Crippen LogP contribution in [0.5, 0.6) is 0 Å². The minimum absolute atomic E-state index is 0.0199. The molecule has 4 nitrogen and oxygen atoms in total. The van der Waals surface area contributed by atoms with Crippen molar-refractivity contribution in [2.75, 3.05) is 19.0 Å². The number of benzene rings is 1. The third-order valence-corrected chi connectivity index (χ3v) is 3.24. The average molecular weight is 257 g/mol. The van der Waals surface area contributed by atoms with Gasteiger partial charge in [-0.25, -0.2) is 5.43 Å². The SMILES string of the molecule is C=C1CC(C(=O)N/N=C\c2ccc(N(C)C)cc2)C1. The molecule has 19 heavy (non-hydrogen) atoms. The van der Waals surface area contributed by atoms with Gasteiger partial charge in [0.05, 0.1) is 6.21 Å². The molecule has 4 heteroatoms. The molecule has 2 rings (SSSR count). The molecule has 1 amide bonds. The zero-order valence-electron chi connectivity index (χ0n) is 11.4. The fourth-order valence-corrected chi connectivity index (χ4v) is 1.94. The molecule has 0 unspecified atom stereocenters. The molecule has 1 fully saturated rings. The number of hydrogen-bond acceptors (Lipinski definition) is 3. The van der Waals surface area contributed by atoms with Crippen molar-refractivity contribution in [3.05, 3.63) is 42.0 Å². The first-order valence-electron chi connectivity index (χ1n) is 6.33. The summed E-state index contributed by atoms with van der Waals surface area (Å²) in [7, 11) is 3.99. The number of carbonyl (C=O) groups is 1. The van der Waals surface area contributed by atoms with Crippen LogP contribution in [0.25, 0.3) is 0 Å². The van der Waals surface area contributed by atoms with E-state index >= 15 is 0 Å². The van der Waals surface area contributed by atoms with Gasteiger partial charge in [-0.3, -0.25) is 4.79 Å². The molecule has 0 saturated heterocycles. The van der Waals surface area contributed by atoms with Crippen LogP contribution in [0.3, 0.4) is 0 Å². The summed E-state index contributed by atoms with van der Waals surface area (Å²) in [4.78, 5) is 13.7. The predicted molar refractivity (Wildman–Crippen MR) is 78.4 cm³/mol. The lowest BCUT2D eigenvalue weighted by Gasteiger charge is -2.25. The van der Waals surface area contributed by atoms with Gasteiger partial charge in [0.1, 0.15) is 0 Å². The van der Waals surface area contributed by atoms with E-state index in [1.165, 1.54) is 0 Å². The molecule has 0 bridgehead atoms. The summed E-state index contributed by atoms with van der Waals surface area (Å²) in [6.07, 6.45) is 3.24. The lowest BCUT2D eigenvalue weighted by molar-refractivity contribution is -0.126. The average Bonchev–Trinajstić information content (AvgIpc) is 2.35. The standard InChI is InChI=1S/C15H19N3O/c1-11-8-13(9-11)15(19)17-16-10-12-4-6-14(7-5-12)18(2)3/h4-7,10,13H,1,8-9H2,2-3H3,(H,17,19)/b16-10-. The first-order valence-corrected chi connectivity index (χ1v) is 6.33. The number of anilines is 1. The van der Waals surface area contributed by atoms with Crippen molar-refractivity contribution in [3.8, 4) is 0 Å². The van der Waals surface area contributed by atoms with Crippen molar-refractivity contribution in [2.24, 2.45) is 11.0 Å². The lowest BCUT2D eigenvalue weighted by atomic mass is 9.81. The maximum atomic E-state index is 11.6. The summed E-state index contributed by atoms with van der Waals surface area (Å²) < 4.78 is 0. The molecule has 0 radical (unpaired) electrons. The van der Waals surface area contributed by atoms with Gasteiger partial charge in [-0.05, 0) is 30.5 Å². The maximum Gasteiger partial charge on any atom is 0.243 e. The van der Waals surface area contributed by atoms with E-state index in [4.69, 9.17) is 0 Å². The molecule has 0 heterocycles. The van der Waals surface area contributed by atoms with Crippen LogP contribution in [-0.2, 0) is 4.79 Å². The molecule has 0 atom stereocenters. The molecule has 0 aromatic heterocycles. The topological polar surface area (TPSA) is 44.7 Å². The quantitative estimate of drug-likeness (QED) is 0.510. The monoisotopic (exact) mass is 257 g/mol. The van der Waals surface area contributed by atoms with Gasteiger partial charge in [-0.2, -0.15) is 5.10 Å². The second-order valence-corrected chi connectivity index (χ2v) is 5.08. The van der Waals surface area contributed by atoms with Crippen LogP contribution >= 0.6 is 0 Å². The van der Waals surface area contributed by atoms with E-state index < -0.39 is 0 Å². The minimum Gasteiger partial charge on any atom is -0.378 e. The van der Waals surface area contributed by atoms with E-state index in [0.717, 1.165) is 29.7 Å². The highest BCUT2D eigenvalue weighted by molar-refractivity contribution is 5.84. The second kappa shape index (κ2) is 5.69. The fourth-order valence-electron chi connectivity index (χ4n) is 1.94. The van der Waals surface area contributed by atoms with Gasteiger partial charge >= 0.3 is 0 Å². The Morgan fingerprint density at radius 3 is 2.53 bits per heavy atom. The van der Waals surface area contributed by atoms with Crippen LogP contribution < -0.4 is 10.3 Å². The van der Waals surface area contributed by atoms with Crippen molar-refractivity contribution < 1.29 is 4.79 Å². The number of nitrogens with zero attached hydrogens (tertiary/aromatic N) is 2. The molecule has 1 N–H and O–H groups in total. The van der Waals surface area contributed by atoms with Crippen molar-refractivity contribution in [3.63, 3.8) is 0 Å². The third-order valence-electron chi connectivity index (χ3n) is 3.24. The number of rotatable bonds is 4. The Morgan fingerprint density at radius 2 is 2.00 bits per heavy atom. The zero-order valence-corrected chi connectivity index (χ0v) is 11.4. The highest BCUT2D eigenvalue weighted by Crippen LogP contribution is 2.31. The van der Waals surface area contributed by atoms with Crippen molar-refractivity contribution in [2.45, 2.75) is 12.8 Å². The molecular weight excluding hydrogens is 238 g/mol. The van der Waals surface area contributed by atoms with Crippen molar-refractivity contribution >= 4 is 17.8 Å². The highest BCUT2D eigenvalue weighted by Gasteiger charge is 2.27. The highest BCUT2D eigenvalue weighted by atomic mass is 16.2. The first kappa shape index (κ1) is 13.3. The molecule has 100 valence electrons. The largest absolute Gasteiger partial charge is 0.378 e. The smallest absolute Gasteiger partial charge is 0.243 e. The van der Waals surface area contributed by atoms with Gasteiger partial charge in [0, 0.05) is 25.7 Å². The van der Waals surface area contributed by atoms with Gasteiger partial charge in [-0.1, -0.05) is 24.3 Å². The summed E-state index contributed by atoms with van der Waals surface area (Å²) in [6, 6.07) is 7.96. The summed E-state index contributed by atoms with van der Waals surface area (Å²) >= 11 is 0. The Kier molecular flexibility index (Phi) is 4.00. The normalized spacial score (nSPS) is 15.4. The Balaban J connectivity index is 1.85. The lowest BCUT2D eigenvalue weighted by Crippen LogP contribution is -2.32. The van der Waals surface area contributed by atoms with Gasteiger partial charge in [0.25, 0.3) is 0 Å². The van der Waals surface area contributed by atoms with Gasteiger partial charge in [-0.15, -0.1) is 0 Å². The molecule has 1 saturated carbocycles. The Hall–Kier alpha value is -2.10. The van der Waals surface area contributed by atoms with Crippen LogP contribution in [-0.4, -0.2) is 26.2 Å². The third kappa shape index (κ3) is 3.44. The van der Waals surface area contributed by atoms with E-state index in [1.807, 2.05) is 43.3 Å². The van der Waals surface area contributed by atoms with E-state index in [1.54, 1.807) is 6.21 Å². The van der Waals surface area contributed by atoms with Crippen LogP contribution in [0, 0.1) is 5.92 Å².